The lowest BCUT2D eigenvalue weighted by atomic mass is 11.2. The highest BCUT2D eigenvalue weighted by Crippen LogP contribution is 1.98. The molecule has 68 valence electrons. The third-order valence-corrected chi connectivity index (χ3v) is 0.118. The predicted octanol–water partition coefficient (Wildman–Crippen LogP) is 0.0916. The minimum absolute atomic E-state index is 0.625. The van der Waals surface area contributed by atoms with Crippen molar-refractivity contribution in [3.05, 3.63) is 12.1 Å². The molecule has 0 aromatic rings. The van der Waals surface area contributed by atoms with Crippen LogP contribution in [0.15, 0.2) is 12.1 Å². The van der Waals surface area contributed by atoms with Gasteiger partial charge in [-0.05, 0) is 5.54 Å². The van der Waals surface area contributed by atoms with E-state index < -0.39 is 8.25 Å². The number of hydrogen-bond donors (Lipinski definition) is 3. The van der Waals surface area contributed by atoms with E-state index in [0.29, 0.717) is 6.41 Å². The van der Waals surface area contributed by atoms with Crippen LogP contribution in [0.5, 0.6) is 0 Å². The fourth-order valence-corrected chi connectivity index (χ4v) is 0. The molecule has 5 nitrogen and oxygen atoms in total. The SMILES string of the molecule is C=CCl.CNC=O.O=[PH](O)O. The van der Waals surface area contributed by atoms with Crippen molar-refractivity contribution < 1.29 is 19.1 Å². The monoisotopic (exact) mass is 203 g/mol. The minimum atomic E-state index is -3.13. The summed E-state index contributed by atoms with van der Waals surface area (Å²) in [7, 11) is -1.57. The molecule has 1 amide bonds. The van der Waals surface area contributed by atoms with Gasteiger partial charge >= 0.3 is 8.25 Å². The van der Waals surface area contributed by atoms with Crippen molar-refractivity contribution in [3.8, 4) is 0 Å². The summed E-state index contributed by atoms with van der Waals surface area (Å²) in [6.07, 6.45) is 0.625. The summed E-state index contributed by atoms with van der Waals surface area (Å²) in [6.45, 7) is 3.13. The summed E-state index contributed by atoms with van der Waals surface area (Å²) in [5.41, 5.74) is 1.22. The van der Waals surface area contributed by atoms with Gasteiger partial charge in [-0.2, -0.15) is 0 Å². The van der Waals surface area contributed by atoms with E-state index in [1.807, 2.05) is 0 Å². The summed E-state index contributed by atoms with van der Waals surface area (Å²) < 4.78 is 8.74. The van der Waals surface area contributed by atoms with Crippen LogP contribution >= 0.6 is 19.9 Å². The standard InChI is InChI=1S/C2H3Cl.C2H5NO.H3O3P/c1-2-3;1-3-2-4;1-4(2)3/h2H,1H2;2H,1H3,(H,3,4);4H,(H2,1,2,3). The average Bonchev–Trinajstić information content (AvgIpc) is 1.88. The van der Waals surface area contributed by atoms with Crippen LogP contribution < -0.4 is 5.32 Å². The summed E-state index contributed by atoms with van der Waals surface area (Å²) in [5, 5.41) is 2.25. The molecule has 7 heteroatoms. The van der Waals surface area contributed by atoms with Gasteiger partial charge in [0.05, 0.1) is 0 Å². The maximum atomic E-state index is 9.06. The van der Waals surface area contributed by atoms with Crippen molar-refractivity contribution in [2.24, 2.45) is 0 Å². The maximum absolute atomic E-state index is 9.06. The van der Waals surface area contributed by atoms with Gasteiger partial charge in [0.15, 0.2) is 0 Å². The Morgan fingerprint density at radius 3 is 1.73 bits per heavy atom. The van der Waals surface area contributed by atoms with Gasteiger partial charge in [0, 0.05) is 7.05 Å². The molecule has 0 bridgehead atoms. The third-order valence-electron chi connectivity index (χ3n) is 0.118. The Morgan fingerprint density at radius 2 is 1.73 bits per heavy atom. The van der Waals surface area contributed by atoms with Gasteiger partial charge in [-0.1, -0.05) is 18.2 Å². The fourth-order valence-electron chi connectivity index (χ4n) is 0. The lowest BCUT2D eigenvalue weighted by molar-refractivity contribution is -0.109. The van der Waals surface area contributed by atoms with Crippen LogP contribution in [-0.2, 0) is 9.36 Å². The van der Waals surface area contributed by atoms with Crippen molar-refractivity contribution in [2.75, 3.05) is 7.05 Å². The Hall–Kier alpha value is -0.350. The molecule has 0 aliphatic rings. The van der Waals surface area contributed by atoms with Crippen molar-refractivity contribution in [1.82, 2.24) is 5.32 Å². The molecule has 0 saturated heterocycles. The lowest BCUT2D eigenvalue weighted by Crippen LogP contribution is -1.98. The zero-order chi connectivity index (χ0) is 9.70. The first-order valence-electron chi connectivity index (χ1n) is 2.30. The Bertz CT molecular complexity index is 106. The summed E-state index contributed by atoms with van der Waals surface area (Å²) in [5.74, 6) is 0. The largest absolute Gasteiger partial charge is 0.362 e. The summed E-state index contributed by atoms with van der Waals surface area (Å²) in [4.78, 5) is 23.4. The van der Waals surface area contributed by atoms with E-state index in [1.165, 1.54) is 5.54 Å². The molecule has 3 N–H and O–H groups in total. The van der Waals surface area contributed by atoms with E-state index in [-0.39, 0.29) is 0 Å². The second-order valence-corrected chi connectivity index (χ2v) is 1.72. The quantitative estimate of drug-likeness (QED) is 0.417. The molecule has 0 radical (unpaired) electrons. The van der Waals surface area contributed by atoms with Crippen LogP contribution in [0, 0.1) is 0 Å². The van der Waals surface area contributed by atoms with Crippen molar-refractivity contribution >= 4 is 26.3 Å². The Balaban J connectivity index is -0.0000000886. The molecule has 0 fully saturated rings. The molecule has 0 aromatic heterocycles. The highest BCUT2D eigenvalue weighted by atomic mass is 35.5. The van der Waals surface area contributed by atoms with Crippen LogP contribution in [-0.4, -0.2) is 23.2 Å². The van der Waals surface area contributed by atoms with Gasteiger partial charge in [-0.3, -0.25) is 9.36 Å². The van der Waals surface area contributed by atoms with Crippen LogP contribution in [0.4, 0.5) is 0 Å². The molecular formula is C4H11ClNO4P. The molecule has 0 spiro atoms. The number of nitrogens with one attached hydrogen (secondary N) is 1. The first-order valence-corrected chi connectivity index (χ1v) is 4.04. The van der Waals surface area contributed by atoms with Crippen LogP contribution in [0.25, 0.3) is 0 Å². The first kappa shape index (κ1) is 16.9. The van der Waals surface area contributed by atoms with E-state index in [0.717, 1.165) is 0 Å². The van der Waals surface area contributed by atoms with E-state index in [9.17, 15) is 0 Å². The normalized spacial score (nSPS) is 6.27. The molecule has 0 atom stereocenters. The molecule has 0 rings (SSSR count). The number of carbonyl (C=O) groups excluding carboxylic acids is 1. The van der Waals surface area contributed by atoms with E-state index in [4.69, 9.17) is 30.7 Å². The predicted molar refractivity (Wildman–Crippen MR) is 44.6 cm³/mol. The molecule has 0 saturated carbocycles. The average molecular weight is 204 g/mol. The number of hydrogen-bond acceptors (Lipinski definition) is 2. The number of rotatable bonds is 1. The molecule has 0 aromatic carbocycles. The van der Waals surface area contributed by atoms with Gasteiger partial charge in [0.1, 0.15) is 0 Å². The second kappa shape index (κ2) is 22.6. The molecule has 0 unspecified atom stereocenters. The zero-order valence-corrected chi connectivity index (χ0v) is 7.71. The molecular weight excluding hydrogens is 192 g/mol. The van der Waals surface area contributed by atoms with E-state index in [1.54, 1.807) is 7.05 Å². The minimum Gasteiger partial charge on any atom is -0.362 e. The molecule has 11 heavy (non-hydrogen) atoms. The van der Waals surface area contributed by atoms with Gasteiger partial charge < -0.3 is 15.1 Å². The number of halogens is 1. The van der Waals surface area contributed by atoms with E-state index in [2.05, 4.69) is 11.9 Å². The smallest absolute Gasteiger partial charge is 0.314 e. The molecule has 0 heterocycles. The second-order valence-electron chi connectivity index (χ2n) is 0.843. The lowest BCUT2D eigenvalue weighted by Gasteiger charge is -1.64. The Labute approximate surface area is 70.6 Å². The highest BCUT2D eigenvalue weighted by Gasteiger charge is 1.61. The van der Waals surface area contributed by atoms with Crippen LogP contribution in [0.2, 0.25) is 0 Å². The first-order chi connectivity index (χ1) is 5.06. The Morgan fingerprint density at radius 1 is 1.64 bits per heavy atom. The number of carbonyl (C=O) groups is 1. The molecule has 0 aliphatic heterocycles. The number of amides is 1. The van der Waals surface area contributed by atoms with Gasteiger partial charge in [-0.25, -0.2) is 0 Å². The summed E-state index contributed by atoms with van der Waals surface area (Å²) >= 11 is 4.76. The zero-order valence-electron chi connectivity index (χ0n) is 5.95. The van der Waals surface area contributed by atoms with Gasteiger partial charge in [0.25, 0.3) is 0 Å². The van der Waals surface area contributed by atoms with Gasteiger partial charge in [0.2, 0.25) is 6.41 Å². The fraction of sp³-hybridized carbons (Fsp3) is 0.250. The van der Waals surface area contributed by atoms with Crippen molar-refractivity contribution in [3.63, 3.8) is 0 Å². The van der Waals surface area contributed by atoms with Crippen LogP contribution in [0.1, 0.15) is 0 Å². The van der Waals surface area contributed by atoms with Crippen molar-refractivity contribution in [2.45, 2.75) is 0 Å². The molecule has 0 aliphatic carbocycles. The Kier molecular flexibility index (Phi) is 34.8. The van der Waals surface area contributed by atoms with Crippen LogP contribution in [0.3, 0.4) is 0 Å². The topological polar surface area (TPSA) is 86.6 Å². The summed E-state index contributed by atoms with van der Waals surface area (Å²) in [6, 6.07) is 0. The maximum Gasteiger partial charge on any atom is 0.314 e. The highest BCUT2D eigenvalue weighted by molar-refractivity contribution is 7.30. The van der Waals surface area contributed by atoms with E-state index >= 15 is 0 Å². The van der Waals surface area contributed by atoms with Crippen molar-refractivity contribution in [1.29, 1.82) is 0 Å². The van der Waals surface area contributed by atoms with Gasteiger partial charge in [-0.15, -0.1) is 0 Å². The third kappa shape index (κ3) is 1340.